The van der Waals surface area contributed by atoms with Crippen molar-refractivity contribution in [3.63, 3.8) is 0 Å². The molecule has 156 valence electrons. The average Bonchev–Trinajstić information content (AvgIpc) is 3.13. The van der Waals surface area contributed by atoms with Gasteiger partial charge in [0.25, 0.3) is 0 Å². The Morgan fingerprint density at radius 2 is 2.14 bits per heavy atom. The highest BCUT2D eigenvalue weighted by Crippen LogP contribution is 2.32. The van der Waals surface area contributed by atoms with E-state index in [9.17, 15) is 4.79 Å². The van der Waals surface area contributed by atoms with Gasteiger partial charge in [-0.1, -0.05) is 18.2 Å². The topological polar surface area (TPSA) is 66.4 Å². The molecule has 1 fully saturated rings. The number of aliphatic imine (C=N–C) groups is 1. The predicted molar refractivity (Wildman–Crippen MR) is 120 cm³/mol. The fourth-order valence-corrected chi connectivity index (χ4v) is 3.57. The van der Waals surface area contributed by atoms with Gasteiger partial charge in [0.05, 0.1) is 19.3 Å². The molecule has 1 amide bonds. The van der Waals surface area contributed by atoms with Crippen molar-refractivity contribution in [2.24, 2.45) is 10.9 Å². The maximum absolute atomic E-state index is 12.1. The Balaban J connectivity index is 0.00000280. The molecule has 28 heavy (non-hydrogen) atoms. The van der Waals surface area contributed by atoms with Gasteiger partial charge in [-0.25, -0.2) is 4.99 Å². The molecule has 0 aliphatic carbocycles. The number of methoxy groups -OCH3 is 1. The number of halogens is 1. The number of likely N-dealkylation sites (tertiary alicyclic amines) is 1. The zero-order chi connectivity index (χ0) is 19.2. The minimum atomic E-state index is -0.00526. The number of fused-ring (bicyclic) bond motifs is 1. The number of nitrogens with one attached hydrogen (secondary N) is 1. The molecule has 1 N–H and O–H groups in total. The first-order valence-corrected chi connectivity index (χ1v) is 9.55. The van der Waals surface area contributed by atoms with Crippen LogP contribution >= 0.6 is 24.0 Å². The zero-order valence-electron chi connectivity index (χ0n) is 16.9. The molecule has 1 saturated heterocycles. The molecule has 7 nitrogen and oxygen atoms in total. The van der Waals surface area contributed by atoms with Gasteiger partial charge in [-0.3, -0.25) is 4.79 Å². The Labute approximate surface area is 184 Å². The normalized spacial score (nSPS) is 21.4. The van der Waals surface area contributed by atoms with E-state index in [-0.39, 0.29) is 42.5 Å². The predicted octanol–water partition coefficient (Wildman–Crippen LogP) is 2.13. The summed E-state index contributed by atoms with van der Waals surface area (Å²) >= 11 is 0. The van der Waals surface area contributed by atoms with Gasteiger partial charge in [-0.2, -0.15) is 0 Å². The molecule has 0 saturated carbocycles. The van der Waals surface area contributed by atoms with Crippen LogP contribution in [0.3, 0.4) is 0 Å². The Kier molecular flexibility index (Phi) is 8.81. The highest BCUT2D eigenvalue weighted by atomic mass is 127. The van der Waals surface area contributed by atoms with Crippen LogP contribution in [-0.4, -0.2) is 75.7 Å². The van der Waals surface area contributed by atoms with Gasteiger partial charge >= 0.3 is 0 Å². The van der Waals surface area contributed by atoms with Crippen molar-refractivity contribution < 1.29 is 14.3 Å². The second-order valence-corrected chi connectivity index (χ2v) is 7.36. The van der Waals surface area contributed by atoms with Gasteiger partial charge in [0.15, 0.2) is 5.96 Å². The van der Waals surface area contributed by atoms with Gasteiger partial charge in [0.1, 0.15) is 12.3 Å². The van der Waals surface area contributed by atoms with Gasteiger partial charge in [0, 0.05) is 52.2 Å². The molecule has 3 rings (SSSR count). The zero-order valence-corrected chi connectivity index (χ0v) is 19.2. The lowest BCUT2D eigenvalue weighted by Crippen LogP contribution is -2.44. The van der Waals surface area contributed by atoms with Crippen molar-refractivity contribution in [1.29, 1.82) is 0 Å². The molecule has 2 unspecified atom stereocenters. The summed E-state index contributed by atoms with van der Waals surface area (Å²) in [4.78, 5) is 20.5. The van der Waals surface area contributed by atoms with Crippen molar-refractivity contribution in [2.75, 3.05) is 54.1 Å². The minimum Gasteiger partial charge on any atom is -0.493 e. The van der Waals surface area contributed by atoms with Crippen LogP contribution in [0.15, 0.2) is 29.3 Å². The lowest BCUT2D eigenvalue weighted by atomic mass is 10.0. The number of amides is 1. The first kappa shape index (κ1) is 22.7. The molecule has 2 heterocycles. The standard InChI is InChI=1S/C20H30N4O3.HI/c1-23(2)19(25)12-21-20(24-10-8-15(13-24)14-26-3)22-17-9-11-27-18-7-5-4-6-16(17)18;/h4-7,15,17H,8-14H2,1-3H3,(H,21,22);1H. The number of benzene rings is 1. The number of hydrogen-bond donors (Lipinski definition) is 1. The van der Waals surface area contributed by atoms with Crippen molar-refractivity contribution in [1.82, 2.24) is 15.1 Å². The summed E-state index contributed by atoms with van der Waals surface area (Å²) in [5.41, 5.74) is 1.14. The second kappa shape index (κ2) is 10.8. The van der Waals surface area contributed by atoms with Crippen molar-refractivity contribution in [2.45, 2.75) is 18.9 Å². The van der Waals surface area contributed by atoms with Crippen LogP contribution in [0.5, 0.6) is 5.75 Å². The number of likely N-dealkylation sites (N-methyl/N-ethyl adjacent to an activating group) is 1. The van der Waals surface area contributed by atoms with E-state index in [0.717, 1.165) is 49.8 Å². The van der Waals surface area contributed by atoms with Crippen LogP contribution in [0.2, 0.25) is 0 Å². The number of carbonyl (C=O) groups is 1. The van der Waals surface area contributed by atoms with Crippen molar-refractivity contribution in [3.8, 4) is 5.75 Å². The van der Waals surface area contributed by atoms with E-state index >= 15 is 0 Å². The van der Waals surface area contributed by atoms with Crippen LogP contribution in [0.1, 0.15) is 24.4 Å². The molecule has 2 atom stereocenters. The fraction of sp³-hybridized carbons (Fsp3) is 0.600. The lowest BCUT2D eigenvalue weighted by Gasteiger charge is -2.31. The van der Waals surface area contributed by atoms with Crippen molar-refractivity contribution >= 4 is 35.8 Å². The van der Waals surface area contributed by atoms with Gasteiger partial charge in [-0.15, -0.1) is 24.0 Å². The Morgan fingerprint density at radius 1 is 1.36 bits per heavy atom. The molecule has 1 aromatic rings. The maximum Gasteiger partial charge on any atom is 0.243 e. The summed E-state index contributed by atoms with van der Waals surface area (Å²) in [7, 11) is 5.25. The number of rotatable bonds is 5. The minimum absolute atomic E-state index is 0. The molecular weight excluding hydrogens is 471 g/mol. The van der Waals surface area contributed by atoms with E-state index in [1.165, 1.54) is 0 Å². The third kappa shape index (κ3) is 5.73. The highest BCUT2D eigenvalue weighted by molar-refractivity contribution is 14.0. The summed E-state index contributed by atoms with van der Waals surface area (Å²) in [5, 5.41) is 3.60. The summed E-state index contributed by atoms with van der Waals surface area (Å²) in [6.07, 6.45) is 1.94. The van der Waals surface area contributed by atoms with Crippen LogP contribution in [-0.2, 0) is 9.53 Å². The third-order valence-corrected chi connectivity index (χ3v) is 5.11. The van der Waals surface area contributed by atoms with Crippen LogP contribution < -0.4 is 10.1 Å². The number of guanidine groups is 1. The Morgan fingerprint density at radius 3 is 2.89 bits per heavy atom. The van der Waals surface area contributed by atoms with Crippen LogP contribution in [0, 0.1) is 5.92 Å². The Hall–Kier alpha value is -1.55. The molecule has 0 spiro atoms. The summed E-state index contributed by atoms with van der Waals surface area (Å²) < 4.78 is 11.1. The number of nitrogens with zero attached hydrogens (tertiary/aromatic N) is 3. The average molecular weight is 502 g/mol. The van der Waals surface area contributed by atoms with Gasteiger partial charge in [-0.05, 0) is 12.5 Å². The first-order valence-electron chi connectivity index (χ1n) is 9.55. The lowest BCUT2D eigenvalue weighted by molar-refractivity contribution is -0.127. The molecule has 8 heteroatoms. The summed E-state index contributed by atoms with van der Waals surface area (Å²) in [6, 6.07) is 8.23. The monoisotopic (exact) mass is 502 g/mol. The molecule has 2 aliphatic heterocycles. The molecular formula is C20H31IN4O3. The molecule has 0 bridgehead atoms. The van der Waals surface area contributed by atoms with Crippen LogP contribution in [0.25, 0.3) is 0 Å². The molecule has 0 aromatic heterocycles. The smallest absolute Gasteiger partial charge is 0.243 e. The van der Waals surface area contributed by atoms with E-state index in [1.807, 2.05) is 18.2 Å². The van der Waals surface area contributed by atoms with Crippen molar-refractivity contribution in [3.05, 3.63) is 29.8 Å². The number of carbonyl (C=O) groups excluding carboxylic acids is 1. The van der Waals surface area contributed by atoms with E-state index in [0.29, 0.717) is 12.5 Å². The van der Waals surface area contributed by atoms with Gasteiger partial charge in [0.2, 0.25) is 5.91 Å². The summed E-state index contributed by atoms with van der Waals surface area (Å²) in [6.45, 7) is 3.37. The van der Waals surface area contributed by atoms with E-state index < -0.39 is 0 Å². The SMILES string of the molecule is COCC1CCN(C(=NCC(=O)N(C)C)NC2CCOc3ccccc32)C1.I. The number of hydrogen-bond acceptors (Lipinski definition) is 4. The first-order chi connectivity index (χ1) is 13.1. The number of para-hydroxylation sites is 1. The second-order valence-electron chi connectivity index (χ2n) is 7.36. The largest absolute Gasteiger partial charge is 0.493 e. The summed E-state index contributed by atoms with van der Waals surface area (Å²) in [5.74, 6) is 2.21. The molecule has 1 aromatic carbocycles. The quantitative estimate of drug-likeness (QED) is 0.380. The number of ether oxygens (including phenoxy) is 2. The fourth-order valence-electron chi connectivity index (χ4n) is 3.57. The van der Waals surface area contributed by atoms with Gasteiger partial charge < -0.3 is 24.6 Å². The Bertz CT molecular complexity index is 683. The van der Waals surface area contributed by atoms with E-state index in [2.05, 4.69) is 21.3 Å². The highest BCUT2D eigenvalue weighted by Gasteiger charge is 2.28. The van der Waals surface area contributed by atoms with Crippen LogP contribution in [0.4, 0.5) is 0 Å². The van der Waals surface area contributed by atoms with E-state index in [4.69, 9.17) is 9.47 Å². The van der Waals surface area contributed by atoms with E-state index in [1.54, 1.807) is 26.1 Å². The maximum atomic E-state index is 12.1. The molecule has 2 aliphatic rings. The molecule has 0 radical (unpaired) electrons. The third-order valence-electron chi connectivity index (χ3n) is 5.11.